The Kier molecular flexibility index (Phi) is 2.59. The summed E-state index contributed by atoms with van der Waals surface area (Å²) in [6, 6.07) is 0. The van der Waals surface area contributed by atoms with Gasteiger partial charge in [-0.3, -0.25) is 0 Å². The maximum absolute atomic E-state index is 12.7. The fourth-order valence-electron chi connectivity index (χ4n) is 1.01. The normalized spacial score (nSPS) is 40.5. The second kappa shape index (κ2) is 3.27. The van der Waals surface area contributed by atoms with Gasteiger partial charge in [-0.05, 0) is 0 Å². The molecule has 0 aromatic rings. The van der Waals surface area contributed by atoms with Crippen molar-refractivity contribution in [2.45, 2.75) is 25.0 Å². The summed E-state index contributed by atoms with van der Waals surface area (Å²) in [4.78, 5) is 0. The second-order valence-electron chi connectivity index (χ2n) is 2.30. The van der Waals surface area contributed by atoms with E-state index < -0.39 is 12.5 Å². The summed E-state index contributed by atoms with van der Waals surface area (Å²) in [5.41, 5.74) is 0. The van der Waals surface area contributed by atoms with Crippen molar-refractivity contribution in [3.05, 3.63) is 0 Å². The monoisotopic (exact) mass is 150 g/mol. The number of rotatable bonds is 2. The van der Waals surface area contributed by atoms with Gasteiger partial charge in [0, 0.05) is 13.5 Å². The molecule has 0 aromatic carbocycles. The van der Waals surface area contributed by atoms with Crippen LogP contribution in [0.1, 0.15) is 6.42 Å². The van der Waals surface area contributed by atoms with Gasteiger partial charge < -0.3 is 14.6 Å². The Bertz CT molecular complexity index is 109. The van der Waals surface area contributed by atoms with E-state index in [0.717, 1.165) is 0 Å². The molecule has 0 aromatic heterocycles. The largest absolute Gasteiger partial charge is 0.394 e. The lowest BCUT2D eigenvalue weighted by molar-refractivity contribution is -0.141. The van der Waals surface area contributed by atoms with Gasteiger partial charge in [0.15, 0.2) is 12.5 Å². The third-order valence-corrected chi connectivity index (χ3v) is 1.55. The molecule has 60 valence electrons. The van der Waals surface area contributed by atoms with Gasteiger partial charge in [-0.25, -0.2) is 4.39 Å². The molecular weight excluding hydrogens is 139 g/mol. The van der Waals surface area contributed by atoms with E-state index in [-0.39, 0.29) is 19.1 Å². The van der Waals surface area contributed by atoms with Crippen LogP contribution in [-0.2, 0) is 9.47 Å². The Labute approximate surface area is 58.7 Å². The number of halogens is 1. The van der Waals surface area contributed by atoms with Gasteiger partial charge in [0.25, 0.3) is 0 Å². The summed E-state index contributed by atoms with van der Waals surface area (Å²) < 4.78 is 22.2. The smallest absolute Gasteiger partial charge is 0.188 e. The van der Waals surface area contributed by atoms with Gasteiger partial charge in [-0.2, -0.15) is 0 Å². The van der Waals surface area contributed by atoms with Crippen LogP contribution in [0.2, 0.25) is 0 Å². The molecule has 1 aliphatic heterocycles. The van der Waals surface area contributed by atoms with Crippen LogP contribution in [0.3, 0.4) is 0 Å². The van der Waals surface area contributed by atoms with Crippen molar-refractivity contribution in [1.29, 1.82) is 0 Å². The molecule has 1 heterocycles. The molecule has 0 unspecified atom stereocenters. The van der Waals surface area contributed by atoms with Crippen LogP contribution in [0.5, 0.6) is 0 Å². The summed E-state index contributed by atoms with van der Waals surface area (Å²) >= 11 is 0. The van der Waals surface area contributed by atoms with Gasteiger partial charge in [-0.1, -0.05) is 0 Å². The second-order valence-corrected chi connectivity index (χ2v) is 2.30. The first-order chi connectivity index (χ1) is 4.77. The topological polar surface area (TPSA) is 38.7 Å². The number of methoxy groups -OCH3 is 1. The lowest BCUT2D eigenvalue weighted by atomic mass is 10.2. The number of aliphatic hydroxyl groups is 1. The molecule has 1 aliphatic rings. The lowest BCUT2D eigenvalue weighted by Crippen LogP contribution is -2.19. The van der Waals surface area contributed by atoms with Crippen molar-refractivity contribution < 1.29 is 19.0 Å². The third kappa shape index (κ3) is 1.45. The van der Waals surface area contributed by atoms with Crippen molar-refractivity contribution in [2.75, 3.05) is 13.7 Å². The molecule has 3 nitrogen and oxygen atoms in total. The van der Waals surface area contributed by atoms with E-state index in [1.807, 2.05) is 0 Å². The van der Waals surface area contributed by atoms with E-state index in [1.165, 1.54) is 7.11 Å². The van der Waals surface area contributed by atoms with E-state index in [0.29, 0.717) is 0 Å². The number of ether oxygens (including phenoxy) is 2. The molecule has 4 heteroatoms. The van der Waals surface area contributed by atoms with E-state index in [2.05, 4.69) is 4.74 Å². The summed E-state index contributed by atoms with van der Waals surface area (Å²) in [5.74, 6) is 0. The van der Waals surface area contributed by atoms with E-state index >= 15 is 0 Å². The van der Waals surface area contributed by atoms with Crippen LogP contribution < -0.4 is 0 Å². The van der Waals surface area contributed by atoms with E-state index in [4.69, 9.17) is 9.84 Å². The molecule has 0 amide bonds. The quantitative estimate of drug-likeness (QED) is 0.605. The molecule has 1 saturated heterocycles. The fraction of sp³-hybridized carbons (Fsp3) is 1.00. The van der Waals surface area contributed by atoms with Gasteiger partial charge in [-0.15, -0.1) is 0 Å². The summed E-state index contributed by atoms with van der Waals surface area (Å²) in [5, 5.41) is 8.55. The minimum atomic E-state index is -1.10. The maximum Gasteiger partial charge on any atom is 0.188 e. The number of alkyl halides is 1. The Morgan fingerprint density at radius 2 is 2.50 bits per heavy atom. The first-order valence-corrected chi connectivity index (χ1v) is 3.21. The van der Waals surface area contributed by atoms with Crippen molar-refractivity contribution >= 4 is 0 Å². The zero-order chi connectivity index (χ0) is 7.56. The number of aliphatic hydroxyl groups excluding tert-OH is 1. The summed E-state index contributed by atoms with van der Waals surface area (Å²) in [6.07, 6.45) is -2.03. The minimum absolute atomic E-state index is 0.139. The Hall–Kier alpha value is -0.190. The number of hydrogen-bond acceptors (Lipinski definition) is 3. The van der Waals surface area contributed by atoms with Crippen LogP contribution in [0, 0.1) is 0 Å². The van der Waals surface area contributed by atoms with Crippen LogP contribution in [0.4, 0.5) is 4.39 Å². The minimum Gasteiger partial charge on any atom is -0.394 e. The van der Waals surface area contributed by atoms with E-state index in [1.54, 1.807) is 0 Å². The highest BCUT2D eigenvalue weighted by molar-refractivity contribution is 4.75. The first-order valence-electron chi connectivity index (χ1n) is 3.21. The average molecular weight is 150 g/mol. The van der Waals surface area contributed by atoms with Gasteiger partial charge in [0.1, 0.15) is 0 Å². The average Bonchev–Trinajstić information content (AvgIpc) is 2.30. The lowest BCUT2D eigenvalue weighted by Gasteiger charge is -2.09. The molecule has 1 N–H and O–H groups in total. The molecule has 10 heavy (non-hydrogen) atoms. The molecule has 0 bridgehead atoms. The van der Waals surface area contributed by atoms with Crippen LogP contribution in [-0.4, -0.2) is 37.4 Å². The molecule has 1 rings (SSSR count). The predicted molar refractivity (Wildman–Crippen MR) is 32.3 cm³/mol. The van der Waals surface area contributed by atoms with Crippen molar-refractivity contribution in [1.82, 2.24) is 0 Å². The fourth-order valence-corrected chi connectivity index (χ4v) is 1.01. The van der Waals surface area contributed by atoms with Crippen LogP contribution in [0.15, 0.2) is 0 Å². The Morgan fingerprint density at radius 3 is 2.80 bits per heavy atom. The molecule has 0 saturated carbocycles. The van der Waals surface area contributed by atoms with Crippen molar-refractivity contribution in [2.24, 2.45) is 0 Å². The highest BCUT2D eigenvalue weighted by Gasteiger charge is 2.34. The Balaban J connectivity index is 2.36. The predicted octanol–water partition coefficient (Wildman–Crippen LogP) is 0.0782. The highest BCUT2D eigenvalue weighted by Crippen LogP contribution is 2.22. The van der Waals surface area contributed by atoms with Gasteiger partial charge in [0.2, 0.25) is 0 Å². The highest BCUT2D eigenvalue weighted by atomic mass is 19.1. The molecule has 3 atom stereocenters. The zero-order valence-corrected chi connectivity index (χ0v) is 5.79. The maximum atomic E-state index is 12.7. The molecule has 0 radical (unpaired) electrons. The van der Waals surface area contributed by atoms with Crippen molar-refractivity contribution in [3.8, 4) is 0 Å². The van der Waals surface area contributed by atoms with Crippen LogP contribution >= 0.6 is 0 Å². The molecule has 0 aliphatic carbocycles. The molecule has 1 fully saturated rings. The first kappa shape index (κ1) is 7.91. The van der Waals surface area contributed by atoms with Crippen LogP contribution in [0.25, 0.3) is 0 Å². The molecular formula is C6H11FO3. The van der Waals surface area contributed by atoms with Crippen molar-refractivity contribution in [3.63, 3.8) is 0 Å². The summed E-state index contributed by atoms with van der Waals surface area (Å²) in [6.45, 7) is -0.139. The SMILES string of the molecule is CO[C@@H]1O[C@H](CO)C[C@@H]1F. The third-order valence-electron chi connectivity index (χ3n) is 1.55. The molecule has 0 spiro atoms. The standard InChI is InChI=1S/C6H11FO3/c1-9-6-5(7)2-4(3-8)10-6/h4-6,8H,2-3H2,1H3/t4-,5-,6+/m0/s1. The van der Waals surface area contributed by atoms with E-state index in [9.17, 15) is 4.39 Å². The Morgan fingerprint density at radius 1 is 1.80 bits per heavy atom. The number of hydrogen-bond donors (Lipinski definition) is 1. The summed E-state index contributed by atoms with van der Waals surface area (Å²) in [7, 11) is 1.39. The van der Waals surface area contributed by atoms with Gasteiger partial charge >= 0.3 is 0 Å². The zero-order valence-electron chi connectivity index (χ0n) is 5.79. The van der Waals surface area contributed by atoms with Gasteiger partial charge in [0.05, 0.1) is 12.7 Å².